The van der Waals surface area contributed by atoms with Crippen LogP contribution in [0.1, 0.15) is 10.4 Å². The number of hydrogen-bond acceptors (Lipinski definition) is 5. The van der Waals surface area contributed by atoms with Crippen LogP contribution in [0.4, 0.5) is 13.9 Å². The van der Waals surface area contributed by atoms with Crippen molar-refractivity contribution in [2.24, 2.45) is 0 Å². The number of benzene rings is 1. The predicted molar refractivity (Wildman–Crippen MR) is 95.6 cm³/mol. The Bertz CT molecular complexity index is 877. The van der Waals surface area contributed by atoms with Gasteiger partial charge < -0.3 is 10.1 Å². The van der Waals surface area contributed by atoms with Gasteiger partial charge in [-0.3, -0.25) is 4.79 Å². The maximum atomic E-state index is 12.2. The molecule has 0 saturated heterocycles. The summed E-state index contributed by atoms with van der Waals surface area (Å²) in [5.41, 5.74) is 1.41. The van der Waals surface area contributed by atoms with Gasteiger partial charge >= 0.3 is 6.61 Å². The van der Waals surface area contributed by atoms with Gasteiger partial charge in [-0.2, -0.15) is 8.78 Å². The standard InChI is InChI=1S/C17H14F2N2O2S2/c1-10-5-6-14(25-10)13-9-24-17(20-13)21-15(22)8-11-3-2-4-12(7-11)23-16(18)19/h2-7,9,16H,8H2,1H3,(H,20,21,22). The summed E-state index contributed by atoms with van der Waals surface area (Å²) in [7, 11) is 0. The molecule has 0 saturated carbocycles. The van der Waals surface area contributed by atoms with Crippen molar-refractivity contribution in [1.29, 1.82) is 0 Å². The maximum Gasteiger partial charge on any atom is 0.387 e. The molecule has 3 rings (SSSR count). The van der Waals surface area contributed by atoms with Crippen LogP contribution < -0.4 is 10.1 Å². The third-order valence-electron chi connectivity index (χ3n) is 3.23. The molecule has 0 bridgehead atoms. The molecule has 0 aliphatic carbocycles. The number of amides is 1. The average molecular weight is 380 g/mol. The molecule has 1 aromatic carbocycles. The summed E-state index contributed by atoms with van der Waals surface area (Å²) in [6.45, 7) is -0.867. The highest BCUT2D eigenvalue weighted by Crippen LogP contribution is 2.30. The molecule has 25 heavy (non-hydrogen) atoms. The van der Waals surface area contributed by atoms with E-state index in [0.29, 0.717) is 10.7 Å². The minimum absolute atomic E-state index is 0.0323. The molecule has 0 radical (unpaired) electrons. The van der Waals surface area contributed by atoms with E-state index >= 15 is 0 Å². The van der Waals surface area contributed by atoms with Gasteiger partial charge in [-0.25, -0.2) is 4.98 Å². The van der Waals surface area contributed by atoms with Gasteiger partial charge in [-0.05, 0) is 36.8 Å². The van der Waals surface area contributed by atoms with E-state index < -0.39 is 6.61 Å². The molecule has 0 unspecified atom stereocenters. The fourth-order valence-corrected chi connectivity index (χ4v) is 3.83. The first-order valence-electron chi connectivity index (χ1n) is 7.35. The number of thiophene rings is 1. The lowest BCUT2D eigenvalue weighted by molar-refractivity contribution is -0.115. The molecule has 130 valence electrons. The van der Waals surface area contributed by atoms with E-state index in [1.807, 2.05) is 24.4 Å². The zero-order valence-corrected chi connectivity index (χ0v) is 14.8. The van der Waals surface area contributed by atoms with E-state index in [4.69, 9.17) is 0 Å². The van der Waals surface area contributed by atoms with Gasteiger partial charge in [0.2, 0.25) is 5.91 Å². The fourth-order valence-electron chi connectivity index (χ4n) is 2.20. The van der Waals surface area contributed by atoms with Crippen LogP contribution in [0, 0.1) is 6.92 Å². The van der Waals surface area contributed by atoms with Gasteiger partial charge in [0.25, 0.3) is 0 Å². The van der Waals surface area contributed by atoms with E-state index in [9.17, 15) is 13.6 Å². The van der Waals surface area contributed by atoms with Crippen LogP contribution in [0.2, 0.25) is 0 Å². The molecular formula is C17H14F2N2O2S2. The smallest absolute Gasteiger partial charge is 0.387 e. The van der Waals surface area contributed by atoms with Crippen LogP contribution in [0.25, 0.3) is 10.6 Å². The van der Waals surface area contributed by atoms with Crippen molar-refractivity contribution in [1.82, 2.24) is 4.98 Å². The molecular weight excluding hydrogens is 366 g/mol. The molecule has 8 heteroatoms. The molecule has 4 nitrogen and oxygen atoms in total. The predicted octanol–water partition coefficient (Wildman–Crippen LogP) is 4.96. The second-order valence-corrected chi connectivity index (χ2v) is 7.35. The van der Waals surface area contributed by atoms with Crippen LogP contribution >= 0.6 is 22.7 Å². The number of halogens is 2. The lowest BCUT2D eigenvalue weighted by Crippen LogP contribution is -2.14. The summed E-state index contributed by atoms with van der Waals surface area (Å²) >= 11 is 2.98. The number of ether oxygens (including phenoxy) is 1. The Morgan fingerprint density at radius 3 is 2.88 bits per heavy atom. The Morgan fingerprint density at radius 2 is 2.16 bits per heavy atom. The van der Waals surface area contributed by atoms with Crippen molar-refractivity contribution >= 4 is 33.7 Å². The van der Waals surface area contributed by atoms with Gasteiger partial charge in [0.15, 0.2) is 5.13 Å². The highest BCUT2D eigenvalue weighted by atomic mass is 32.1. The van der Waals surface area contributed by atoms with Crippen molar-refractivity contribution in [2.45, 2.75) is 20.0 Å². The van der Waals surface area contributed by atoms with Crippen molar-refractivity contribution in [3.05, 3.63) is 52.2 Å². The third-order valence-corrected chi connectivity index (χ3v) is 5.01. The van der Waals surface area contributed by atoms with Crippen molar-refractivity contribution in [3.8, 4) is 16.3 Å². The molecule has 0 spiro atoms. The van der Waals surface area contributed by atoms with Crippen LogP contribution in [0.15, 0.2) is 41.8 Å². The number of rotatable bonds is 6. The second kappa shape index (κ2) is 7.71. The molecule has 0 aliphatic heterocycles. The van der Waals surface area contributed by atoms with E-state index in [1.165, 1.54) is 28.3 Å². The number of nitrogens with zero attached hydrogens (tertiary/aromatic N) is 1. The Hall–Kier alpha value is -2.32. The number of thiazole rings is 1. The molecule has 0 fully saturated rings. The van der Waals surface area contributed by atoms with Crippen molar-refractivity contribution < 1.29 is 18.3 Å². The molecule has 0 atom stereocenters. The summed E-state index contributed by atoms with van der Waals surface area (Å²) in [6.07, 6.45) is 0.0491. The number of nitrogens with one attached hydrogen (secondary N) is 1. The van der Waals surface area contributed by atoms with Gasteiger partial charge in [0, 0.05) is 10.3 Å². The molecule has 2 aromatic heterocycles. The summed E-state index contributed by atoms with van der Waals surface area (Å²) in [5.74, 6) is -0.234. The zero-order valence-electron chi connectivity index (χ0n) is 13.2. The fraction of sp³-hybridized carbons (Fsp3) is 0.176. The van der Waals surface area contributed by atoms with Crippen LogP contribution in [0.3, 0.4) is 0 Å². The molecule has 3 aromatic rings. The van der Waals surface area contributed by atoms with E-state index in [-0.39, 0.29) is 18.1 Å². The van der Waals surface area contributed by atoms with E-state index in [1.54, 1.807) is 23.5 Å². The number of anilines is 1. The second-order valence-electron chi connectivity index (χ2n) is 5.20. The summed E-state index contributed by atoms with van der Waals surface area (Å²) in [4.78, 5) is 18.8. The monoisotopic (exact) mass is 380 g/mol. The average Bonchev–Trinajstić information content (AvgIpc) is 3.15. The third kappa shape index (κ3) is 4.83. The number of aromatic nitrogens is 1. The highest BCUT2D eigenvalue weighted by Gasteiger charge is 2.11. The molecule has 0 aliphatic rings. The minimum atomic E-state index is -2.89. The highest BCUT2D eigenvalue weighted by molar-refractivity contribution is 7.17. The van der Waals surface area contributed by atoms with Crippen molar-refractivity contribution in [2.75, 3.05) is 5.32 Å². The van der Waals surface area contributed by atoms with Crippen LogP contribution in [-0.4, -0.2) is 17.5 Å². The number of carbonyl (C=O) groups is 1. The molecule has 1 amide bonds. The first-order valence-corrected chi connectivity index (χ1v) is 9.05. The quantitative estimate of drug-likeness (QED) is 0.657. The van der Waals surface area contributed by atoms with Crippen LogP contribution in [-0.2, 0) is 11.2 Å². The van der Waals surface area contributed by atoms with Crippen molar-refractivity contribution in [3.63, 3.8) is 0 Å². The number of hydrogen-bond donors (Lipinski definition) is 1. The van der Waals surface area contributed by atoms with Crippen LogP contribution in [0.5, 0.6) is 5.75 Å². The Labute approximate surface area is 151 Å². The zero-order chi connectivity index (χ0) is 17.8. The normalized spacial score (nSPS) is 10.9. The molecule has 2 heterocycles. The Morgan fingerprint density at radius 1 is 1.32 bits per heavy atom. The Kier molecular flexibility index (Phi) is 5.40. The summed E-state index contributed by atoms with van der Waals surface area (Å²) in [6, 6.07) is 10.1. The maximum absolute atomic E-state index is 12.2. The topological polar surface area (TPSA) is 51.2 Å². The van der Waals surface area contributed by atoms with Gasteiger partial charge in [-0.1, -0.05) is 12.1 Å². The van der Waals surface area contributed by atoms with Gasteiger partial charge in [-0.15, -0.1) is 22.7 Å². The van der Waals surface area contributed by atoms with E-state index in [0.717, 1.165) is 10.6 Å². The first-order chi connectivity index (χ1) is 12.0. The lowest BCUT2D eigenvalue weighted by atomic mass is 10.1. The summed E-state index contributed by atoms with van der Waals surface area (Å²) < 4.78 is 28.8. The van der Waals surface area contributed by atoms with Gasteiger partial charge in [0.05, 0.1) is 17.0 Å². The van der Waals surface area contributed by atoms with Gasteiger partial charge in [0.1, 0.15) is 5.75 Å². The largest absolute Gasteiger partial charge is 0.435 e. The minimum Gasteiger partial charge on any atom is -0.435 e. The number of aryl methyl sites for hydroxylation is 1. The first kappa shape index (κ1) is 17.5. The van der Waals surface area contributed by atoms with E-state index in [2.05, 4.69) is 15.0 Å². The molecule has 1 N–H and O–H groups in total. The number of alkyl halides is 2. The summed E-state index contributed by atoms with van der Waals surface area (Å²) in [5, 5.41) is 5.12. The SMILES string of the molecule is Cc1ccc(-c2csc(NC(=O)Cc3cccc(OC(F)F)c3)n2)s1. The number of carbonyl (C=O) groups excluding carboxylic acids is 1. The Balaban J connectivity index is 1.62. The lowest BCUT2D eigenvalue weighted by Gasteiger charge is -2.06.